The minimum atomic E-state index is -3.58. The van der Waals surface area contributed by atoms with E-state index in [1.807, 2.05) is 0 Å². The number of thiophene rings is 1. The van der Waals surface area contributed by atoms with Crippen LogP contribution < -0.4 is 10.5 Å². The summed E-state index contributed by atoms with van der Waals surface area (Å²) in [6.45, 7) is -1.44. The van der Waals surface area contributed by atoms with Crippen LogP contribution in [0.3, 0.4) is 0 Å². The van der Waals surface area contributed by atoms with Crippen molar-refractivity contribution in [2.75, 3.05) is 18.5 Å². The number of aliphatic hydroxyl groups is 3. The molecule has 0 unspecified atom stereocenters. The number of nitrogens with two attached hydrogens (primary N) is 1. The van der Waals surface area contributed by atoms with E-state index in [4.69, 9.17) is 10.1 Å². The Kier molecular flexibility index (Phi) is 5.19. The standard InChI is InChI=1S/C21H26N4O5S2/c22-32(30,16-8-12(9-31-16)21(29,10-26)11-27)25-19(28)24-17-13-2-1-3-15(13)23-18-14(17)4-5-20(18)6-7-20/h8-9,26-27,29H,1-7,10-11H2,(H3,22,23,24,25,28,30)/t32-/m1/s1. The first-order valence-electron chi connectivity index (χ1n) is 10.7. The van der Waals surface area contributed by atoms with Gasteiger partial charge in [-0.1, -0.05) is 0 Å². The van der Waals surface area contributed by atoms with Crippen molar-refractivity contribution in [2.45, 2.75) is 60.2 Å². The molecule has 0 radical (unpaired) electrons. The van der Waals surface area contributed by atoms with E-state index in [1.165, 1.54) is 11.4 Å². The van der Waals surface area contributed by atoms with Gasteiger partial charge < -0.3 is 20.6 Å². The molecule has 0 saturated heterocycles. The SMILES string of the molecule is N[S@@](=O)(=NC(=O)Nc1c2c(nc3c1CCC31CC1)CCC2)c1cc(C(O)(CO)CO)cs1. The zero-order valence-electron chi connectivity index (χ0n) is 17.5. The van der Waals surface area contributed by atoms with Crippen LogP contribution >= 0.6 is 11.3 Å². The average molecular weight is 479 g/mol. The molecule has 9 nitrogen and oxygen atoms in total. The average Bonchev–Trinajstić information content (AvgIpc) is 3.14. The molecule has 1 atom stereocenters. The zero-order valence-corrected chi connectivity index (χ0v) is 19.1. The molecule has 0 aromatic carbocycles. The van der Waals surface area contributed by atoms with Crippen molar-refractivity contribution in [3.63, 3.8) is 0 Å². The van der Waals surface area contributed by atoms with Gasteiger partial charge >= 0.3 is 6.03 Å². The van der Waals surface area contributed by atoms with E-state index in [0.29, 0.717) is 0 Å². The van der Waals surface area contributed by atoms with Gasteiger partial charge in [0.15, 0.2) is 9.92 Å². The predicted molar refractivity (Wildman–Crippen MR) is 120 cm³/mol. The van der Waals surface area contributed by atoms with Gasteiger partial charge in [-0.25, -0.2) is 14.1 Å². The fourth-order valence-electron chi connectivity index (χ4n) is 4.82. The van der Waals surface area contributed by atoms with E-state index in [0.717, 1.165) is 84.5 Å². The van der Waals surface area contributed by atoms with Gasteiger partial charge in [0, 0.05) is 16.7 Å². The molecule has 32 heavy (non-hydrogen) atoms. The van der Waals surface area contributed by atoms with Gasteiger partial charge in [-0.2, -0.15) is 0 Å². The first-order chi connectivity index (χ1) is 15.2. The summed E-state index contributed by atoms with van der Waals surface area (Å²) in [5.74, 6) is 0. The third-order valence-corrected chi connectivity index (χ3v) is 9.77. The molecule has 3 aliphatic carbocycles. The number of fused-ring (bicyclic) bond motifs is 3. The molecule has 172 valence electrons. The Morgan fingerprint density at radius 1 is 1.25 bits per heavy atom. The van der Waals surface area contributed by atoms with Crippen molar-refractivity contribution in [3.05, 3.63) is 39.5 Å². The summed E-state index contributed by atoms with van der Waals surface area (Å²) in [5, 5.41) is 39.1. The van der Waals surface area contributed by atoms with Crippen molar-refractivity contribution < 1.29 is 24.3 Å². The van der Waals surface area contributed by atoms with E-state index >= 15 is 0 Å². The third-order valence-electron chi connectivity index (χ3n) is 6.91. The molecule has 2 aromatic rings. The molecule has 6 N–H and O–H groups in total. The monoisotopic (exact) mass is 478 g/mol. The van der Waals surface area contributed by atoms with E-state index in [1.54, 1.807) is 0 Å². The van der Waals surface area contributed by atoms with Crippen LogP contribution in [0.25, 0.3) is 0 Å². The second-order valence-electron chi connectivity index (χ2n) is 8.97. The second-order valence-corrected chi connectivity index (χ2v) is 11.9. The topological polar surface area (TPSA) is 158 Å². The highest BCUT2D eigenvalue weighted by molar-refractivity contribution is 7.93. The third kappa shape index (κ3) is 3.47. The largest absolute Gasteiger partial charge is 0.393 e. The fourth-order valence-corrected chi connectivity index (χ4v) is 7.03. The van der Waals surface area contributed by atoms with E-state index < -0.39 is 34.8 Å². The van der Waals surface area contributed by atoms with Crippen LogP contribution in [0.15, 0.2) is 20.0 Å². The molecule has 0 aliphatic heterocycles. The number of anilines is 1. The van der Waals surface area contributed by atoms with Crippen molar-refractivity contribution in [3.8, 4) is 0 Å². The van der Waals surface area contributed by atoms with Crippen molar-refractivity contribution in [1.29, 1.82) is 0 Å². The Labute approximate surface area is 190 Å². The summed E-state index contributed by atoms with van der Waals surface area (Å²) in [7, 11) is -3.58. The minimum Gasteiger partial charge on any atom is -0.393 e. The number of rotatable bonds is 5. The summed E-state index contributed by atoms with van der Waals surface area (Å²) >= 11 is 0.944. The first kappa shape index (κ1) is 21.9. The summed E-state index contributed by atoms with van der Waals surface area (Å²) in [6.07, 6.45) is 6.89. The molecule has 0 bridgehead atoms. The van der Waals surface area contributed by atoms with Crippen LogP contribution in [-0.4, -0.2) is 43.8 Å². The van der Waals surface area contributed by atoms with Gasteiger partial charge in [0.2, 0.25) is 0 Å². The summed E-state index contributed by atoms with van der Waals surface area (Å²) in [5.41, 5.74) is 3.48. The van der Waals surface area contributed by atoms with E-state index in [-0.39, 0.29) is 15.2 Å². The lowest BCUT2D eigenvalue weighted by molar-refractivity contribution is -0.0596. The number of hydrogen-bond donors (Lipinski definition) is 5. The number of carbonyl (C=O) groups excluding carboxylic acids is 1. The number of pyridine rings is 1. The number of aryl methyl sites for hydroxylation is 1. The maximum atomic E-state index is 13.0. The molecule has 11 heteroatoms. The molecule has 1 fully saturated rings. The number of nitrogens with zero attached hydrogens (tertiary/aromatic N) is 2. The number of amides is 2. The van der Waals surface area contributed by atoms with Gasteiger partial charge in [0.25, 0.3) is 0 Å². The van der Waals surface area contributed by atoms with Gasteiger partial charge in [-0.15, -0.1) is 15.7 Å². The Morgan fingerprint density at radius 2 is 2.00 bits per heavy atom. The molecule has 3 aliphatic rings. The predicted octanol–water partition coefficient (Wildman–Crippen LogP) is 1.71. The number of hydrogen-bond acceptors (Lipinski definition) is 7. The summed E-state index contributed by atoms with van der Waals surface area (Å²) in [4.78, 5) is 17.8. The van der Waals surface area contributed by atoms with E-state index in [2.05, 4.69) is 9.68 Å². The molecule has 2 amide bonds. The summed E-state index contributed by atoms with van der Waals surface area (Å²) in [6, 6.07) is 0.515. The zero-order chi connectivity index (χ0) is 22.7. The number of carbonyl (C=O) groups is 1. The Bertz CT molecular complexity index is 1220. The maximum absolute atomic E-state index is 13.0. The van der Waals surface area contributed by atoms with Crippen molar-refractivity contribution in [1.82, 2.24) is 4.98 Å². The first-order valence-corrected chi connectivity index (χ1v) is 13.1. The molecule has 5 rings (SSSR count). The van der Waals surface area contributed by atoms with Crippen LogP contribution in [0.4, 0.5) is 10.5 Å². The minimum absolute atomic E-state index is 0.0742. The van der Waals surface area contributed by atoms with E-state index in [9.17, 15) is 24.3 Å². The second kappa shape index (κ2) is 7.57. The molecule has 2 heterocycles. The maximum Gasteiger partial charge on any atom is 0.354 e. The quantitative estimate of drug-likeness (QED) is 0.440. The molecular weight excluding hydrogens is 452 g/mol. The smallest absolute Gasteiger partial charge is 0.354 e. The lowest BCUT2D eigenvalue weighted by Crippen LogP contribution is -2.33. The Balaban J connectivity index is 1.46. The van der Waals surface area contributed by atoms with Crippen molar-refractivity contribution >= 4 is 33.0 Å². The molecular formula is C21H26N4O5S2. The van der Waals surface area contributed by atoms with Gasteiger partial charge in [0.1, 0.15) is 9.81 Å². The van der Waals surface area contributed by atoms with Crippen LogP contribution in [0.2, 0.25) is 0 Å². The number of aliphatic hydroxyl groups excluding tert-OH is 2. The van der Waals surface area contributed by atoms with Crippen LogP contribution in [0.5, 0.6) is 0 Å². The normalized spacial score (nSPS) is 20.0. The molecule has 1 saturated carbocycles. The Morgan fingerprint density at radius 3 is 2.69 bits per heavy atom. The fraction of sp³-hybridized carbons (Fsp3) is 0.524. The number of nitrogens with one attached hydrogen (secondary N) is 1. The van der Waals surface area contributed by atoms with Gasteiger partial charge in [-0.05, 0) is 67.5 Å². The lowest BCUT2D eigenvalue weighted by atomic mass is 9.99. The number of urea groups is 1. The highest BCUT2D eigenvalue weighted by atomic mass is 32.2. The van der Waals surface area contributed by atoms with Crippen LogP contribution in [-0.2, 0) is 40.2 Å². The highest BCUT2D eigenvalue weighted by Gasteiger charge is 2.51. The highest BCUT2D eigenvalue weighted by Crippen LogP contribution is 2.58. The lowest BCUT2D eigenvalue weighted by Gasteiger charge is -2.21. The molecule has 1 spiro atoms. The number of aromatic nitrogens is 1. The van der Waals surface area contributed by atoms with Gasteiger partial charge in [-0.3, -0.25) is 4.98 Å². The van der Waals surface area contributed by atoms with Gasteiger partial charge in [0.05, 0.1) is 24.6 Å². The van der Waals surface area contributed by atoms with Crippen LogP contribution in [0, 0.1) is 0 Å². The van der Waals surface area contributed by atoms with Crippen molar-refractivity contribution in [2.24, 2.45) is 9.50 Å². The molecule has 2 aromatic heterocycles. The summed E-state index contributed by atoms with van der Waals surface area (Å²) < 4.78 is 16.9. The Hall–Kier alpha value is -1.89. The van der Waals surface area contributed by atoms with Crippen LogP contribution in [0.1, 0.15) is 53.8 Å².